The van der Waals surface area contributed by atoms with E-state index in [4.69, 9.17) is 14.2 Å². The molecule has 0 aromatic heterocycles. The first-order valence-electron chi connectivity index (χ1n) is 7.27. The minimum absolute atomic E-state index is 0.0161. The number of benzene rings is 1. The highest BCUT2D eigenvalue weighted by Gasteiger charge is 2.20. The minimum Gasteiger partial charge on any atom is -0.496 e. The zero-order valence-corrected chi connectivity index (χ0v) is 13.0. The Morgan fingerprint density at radius 2 is 1.59 bits per heavy atom. The monoisotopic (exact) mass is 307 g/mol. The van der Waals surface area contributed by atoms with E-state index < -0.39 is 0 Å². The first kappa shape index (κ1) is 16.1. The van der Waals surface area contributed by atoms with Crippen LogP contribution in [-0.2, 0) is 9.59 Å². The third-order valence-corrected chi connectivity index (χ3v) is 3.58. The molecule has 1 aromatic rings. The summed E-state index contributed by atoms with van der Waals surface area (Å²) in [6.07, 6.45) is 1.20. The van der Waals surface area contributed by atoms with E-state index in [1.165, 1.54) is 0 Å². The van der Waals surface area contributed by atoms with Gasteiger partial charge in [0.25, 0.3) is 0 Å². The number of hydrogen-bond donors (Lipinski definition) is 0. The Morgan fingerprint density at radius 1 is 1.05 bits per heavy atom. The molecule has 0 unspecified atom stereocenters. The summed E-state index contributed by atoms with van der Waals surface area (Å²) in [4.78, 5) is 24.9. The molecule has 1 aliphatic heterocycles. The van der Waals surface area contributed by atoms with Crippen molar-refractivity contribution >= 4 is 11.7 Å². The number of rotatable bonds is 6. The fourth-order valence-corrected chi connectivity index (χ4v) is 2.28. The second-order valence-electron chi connectivity index (χ2n) is 5.07. The number of Topliss-reactive ketones (excluding diaryl/α,β-unsaturated/α-hetero) is 1. The van der Waals surface area contributed by atoms with E-state index in [0.717, 1.165) is 0 Å². The van der Waals surface area contributed by atoms with Gasteiger partial charge >= 0.3 is 0 Å². The van der Waals surface area contributed by atoms with Gasteiger partial charge in [-0.1, -0.05) is 0 Å². The quantitative estimate of drug-likeness (QED) is 0.800. The number of carbonyl (C=O) groups excluding carboxylic acids is 2. The summed E-state index contributed by atoms with van der Waals surface area (Å²) in [6.45, 7) is 1.31. The van der Waals surface area contributed by atoms with Gasteiger partial charge in [0.2, 0.25) is 5.91 Å². The Balaban J connectivity index is 1.83. The van der Waals surface area contributed by atoms with E-state index in [1.807, 2.05) is 0 Å². The number of piperidine rings is 1. The molecule has 0 radical (unpaired) electrons. The molecule has 1 amide bonds. The largest absolute Gasteiger partial charge is 0.496 e. The Labute approximate surface area is 129 Å². The first-order valence-corrected chi connectivity index (χ1v) is 7.27. The number of amides is 1. The molecule has 2 rings (SSSR count). The first-order chi connectivity index (χ1) is 10.6. The zero-order chi connectivity index (χ0) is 15.9. The van der Waals surface area contributed by atoms with Gasteiger partial charge in [-0.2, -0.15) is 0 Å². The van der Waals surface area contributed by atoms with Crippen molar-refractivity contribution in [3.8, 4) is 17.2 Å². The molecule has 0 spiro atoms. The summed E-state index contributed by atoms with van der Waals surface area (Å²) >= 11 is 0. The third kappa shape index (κ3) is 4.38. The average molecular weight is 307 g/mol. The van der Waals surface area contributed by atoms with Crippen molar-refractivity contribution in [2.75, 3.05) is 33.9 Å². The molecule has 22 heavy (non-hydrogen) atoms. The van der Waals surface area contributed by atoms with Gasteiger partial charge in [-0.3, -0.25) is 9.59 Å². The Hall–Kier alpha value is -2.24. The highest BCUT2D eigenvalue weighted by Crippen LogP contribution is 2.27. The number of nitrogens with zero attached hydrogens (tertiary/aromatic N) is 1. The fraction of sp³-hybridized carbons (Fsp3) is 0.500. The predicted octanol–water partition coefficient (Wildman–Crippen LogP) is 1.66. The van der Waals surface area contributed by atoms with Crippen molar-refractivity contribution in [1.29, 1.82) is 0 Å². The van der Waals surface area contributed by atoms with Crippen LogP contribution in [0, 0.1) is 0 Å². The van der Waals surface area contributed by atoms with Crippen LogP contribution in [0.2, 0.25) is 0 Å². The Morgan fingerprint density at radius 3 is 2.14 bits per heavy atom. The molecule has 0 N–H and O–H groups in total. The number of methoxy groups -OCH3 is 2. The van der Waals surface area contributed by atoms with Crippen molar-refractivity contribution in [2.24, 2.45) is 0 Å². The fourth-order valence-electron chi connectivity index (χ4n) is 2.28. The lowest BCUT2D eigenvalue weighted by atomic mass is 10.1. The molecule has 0 atom stereocenters. The van der Waals surface area contributed by atoms with Crippen LogP contribution in [0.25, 0.3) is 0 Å². The highest BCUT2D eigenvalue weighted by atomic mass is 16.5. The Kier molecular flexibility index (Phi) is 5.63. The molecule has 1 saturated heterocycles. The van der Waals surface area contributed by atoms with E-state index in [-0.39, 0.29) is 24.7 Å². The van der Waals surface area contributed by atoms with Crippen LogP contribution >= 0.6 is 0 Å². The van der Waals surface area contributed by atoms with Gasteiger partial charge < -0.3 is 19.1 Å². The molecule has 1 fully saturated rings. The summed E-state index contributed by atoms with van der Waals surface area (Å²) in [5, 5.41) is 0. The molecule has 0 saturated carbocycles. The van der Waals surface area contributed by atoms with Crippen LogP contribution in [0.15, 0.2) is 18.2 Å². The van der Waals surface area contributed by atoms with Gasteiger partial charge in [-0.05, 0) is 0 Å². The van der Waals surface area contributed by atoms with Crippen LogP contribution in [0.4, 0.5) is 0 Å². The topological polar surface area (TPSA) is 65.1 Å². The van der Waals surface area contributed by atoms with E-state index >= 15 is 0 Å². The second kappa shape index (κ2) is 7.68. The van der Waals surface area contributed by atoms with E-state index in [0.29, 0.717) is 43.2 Å². The summed E-state index contributed by atoms with van der Waals surface area (Å²) in [5.74, 6) is 2.11. The van der Waals surface area contributed by atoms with Gasteiger partial charge in [0, 0.05) is 44.1 Å². The summed E-state index contributed by atoms with van der Waals surface area (Å²) in [7, 11) is 3.14. The molecule has 0 aliphatic carbocycles. The van der Waals surface area contributed by atoms with Crippen LogP contribution in [0.1, 0.15) is 19.3 Å². The van der Waals surface area contributed by atoms with Crippen LogP contribution in [-0.4, -0.2) is 50.5 Å². The van der Waals surface area contributed by atoms with Gasteiger partial charge in [-0.25, -0.2) is 0 Å². The van der Waals surface area contributed by atoms with Crippen LogP contribution < -0.4 is 14.2 Å². The second-order valence-corrected chi connectivity index (χ2v) is 5.07. The van der Waals surface area contributed by atoms with Crippen molar-refractivity contribution in [3.05, 3.63) is 18.2 Å². The summed E-state index contributed by atoms with van der Waals surface area (Å²) in [6, 6.07) is 5.24. The average Bonchev–Trinajstić information content (AvgIpc) is 2.55. The van der Waals surface area contributed by atoms with Crippen molar-refractivity contribution in [1.82, 2.24) is 4.90 Å². The van der Waals surface area contributed by atoms with E-state index in [9.17, 15) is 9.59 Å². The summed E-state index contributed by atoms with van der Waals surface area (Å²) < 4.78 is 15.9. The normalized spacial score (nSPS) is 14.6. The number of carbonyl (C=O) groups is 2. The smallest absolute Gasteiger partial charge is 0.226 e. The van der Waals surface area contributed by atoms with E-state index in [1.54, 1.807) is 37.3 Å². The lowest BCUT2D eigenvalue weighted by molar-refractivity contribution is -0.134. The van der Waals surface area contributed by atoms with Crippen LogP contribution in [0.3, 0.4) is 0 Å². The van der Waals surface area contributed by atoms with Gasteiger partial charge in [0.05, 0.1) is 27.2 Å². The predicted molar refractivity (Wildman–Crippen MR) is 80.5 cm³/mol. The van der Waals surface area contributed by atoms with Gasteiger partial charge in [0.15, 0.2) is 0 Å². The molecular formula is C16H21NO5. The maximum atomic E-state index is 12.0. The summed E-state index contributed by atoms with van der Waals surface area (Å²) in [5.41, 5.74) is 0. The molecule has 1 aliphatic rings. The standard InChI is InChI=1S/C16H21NO5/c1-20-13-9-14(21-2)11-15(10-13)22-8-5-16(19)17-6-3-12(18)4-7-17/h9-11H,3-8H2,1-2H3. The zero-order valence-electron chi connectivity index (χ0n) is 13.0. The maximum Gasteiger partial charge on any atom is 0.226 e. The molecule has 6 nitrogen and oxygen atoms in total. The van der Waals surface area contributed by atoms with Crippen molar-refractivity contribution < 1.29 is 23.8 Å². The number of hydrogen-bond acceptors (Lipinski definition) is 5. The molecular weight excluding hydrogens is 286 g/mol. The lowest BCUT2D eigenvalue weighted by Gasteiger charge is -2.26. The van der Waals surface area contributed by atoms with E-state index in [2.05, 4.69) is 0 Å². The number of ketones is 1. The molecule has 1 heterocycles. The SMILES string of the molecule is COc1cc(OC)cc(OCCC(=O)N2CCC(=O)CC2)c1. The molecule has 120 valence electrons. The van der Waals surface area contributed by atoms with Crippen molar-refractivity contribution in [3.63, 3.8) is 0 Å². The van der Waals surface area contributed by atoms with Crippen molar-refractivity contribution in [2.45, 2.75) is 19.3 Å². The third-order valence-electron chi connectivity index (χ3n) is 3.58. The lowest BCUT2D eigenvalue weighted by Crippen LogP contribution is -2.39. The molecule has 0 bridgehead atoms. The highest BCUT2D eigenvalue weighted by molar-refractivity contribution is 5.83. The number of likely N-dealkylation sites (tertiary alicyclic amines) is 1. The van der Waals surface area contributed by atoms with Gasteiger partial charge in [-0.15, -0.1) is 0 Å². The van der Waals surface area contributed by atoms with Crippen LogP contribution in [0.5, 0.6) is 17.2 Å². The van der Waals surface area contributed by atoms with Gasteiger partial charge in [0.1, 0.15) is 23.0 Å². The molecule has 6 heteroatoms. The molecule has 1 aromatic carbocycles. The Bertz CT molecular complexity index is 511. The number of ether oxygens (including phenoxy) is 3. The maximum absolute atomic E-state index is 12.0. The minimum atomic E-state index is 0.0161.